The van der Waals surface area contributed by atoms with Crippen LogP contribution in [-0.4, -0.2) is 39.2 Å². The van der Waals surface area contributed by atoms with Crippen LogP contribution in [0.25, 0.3) is 11.2 Å². The largest absolute Gasteiger partial charge is 0.443 e. The zero-order valence-corrected chi connectivity index (χ0v) is 22.6. The number of anilines is 2. The molecule has 8 heteroatoms. The molecule has 0 atom stereocenters. The van der Waals surface area contributed by atoms with Crippen LogP contribution in [0.4, 0.5) is 16.3 Å². The number of benzene rings is 1. The zero-order chi connectivity index (χ0) is 26.9. The lowest BCUT2D eigenvalue weighted by Gasteiger charge is -2.24. The molecule has 37 heavy (non-hydrogen) atoms. The van der Waals surface area contributed by atoms with Crippen LogP contribution in [-0.2, 0) is 20.9 Å². The van der Waals surface area contributed by atoms with Gasteiger partial charge in [-0.2, -0.15) is 0 Å². The molecule has 8 nitrogen and oxygen atoms in total. The number of rotatable bonds is 5. The minimum absolute atomic E-state index is 0.0958. The van der Waals surface area contributed by atoms with Crippen LogP contribution in [0.2, 0.25) is 0 Å². The van der Waals surface area contributed by atoms with E-state index in [1.54, 1.807) is 37.8 Å². The summed E-state index contributed by atoms with van der Waals surface area (Å²) < 4.78 is 12.2. The van der Waals surface area contributed by atoms with E-state index in [2.05, 4.69) is 29.8 Å². The van der Waals surface area contributed by atoms with Crippen LogP contribution < -0.4 is 4.90 Å². The van der Waals surface area contributed by atoms with Crippen molar-refractivity contribution in [2.24, 2.45) is 0 Å². The minimum Gasteiger partial charge on any atom is -0.443 e. The molecule has 1 aliphatic carbocycles. The number of fused-ring (bicyclic) bond motifs is 1. The van der Waals surface area contributed by atoms with Crippen molar-refractivity contribution in [3.05, 3.63) is 46.8 Å². The van der Waals surface area contributed by atoms with Gasteiger partial charge in [-0.15, -0.1) is 0 Å². The monoisotopic (exact) mass is 502 g/mol. The lowest BCUT2D eigenvalue weighted by atomic mass is 9.99. The SMILES string of the molecule is CCC#CC(=O)N(c1ccc2c(n1)nc(COC)n2C(=O)OC(C)(C)C)c1cc(C)c(C)cc1C1CC1. The van der Waals surface area contributed by atoms with Gasteiger partial charge in [-0.3, -0.25) is 9.69 Å². The zero-order valence-electron chi connectivity index (χ0n) is 22.6. The average molecular weight is 503 g/mol. The first kappa shape index (κ1) is 26.4. The summed E-state index contributed by atoms with van der Waals surface area (Å²) in [5, 5.41) is 0. The molecule has 3 aromatic rings. The van der Waals surface area contributed by atoms with Crippen molar-refractivity contribution in [3.8, 4) is 11.8 Å². The summed E-state index contributed by atoms with van der Waals surface area (Å²) >= 11 is 0. The van der Waals surface area contributed by atoms with Crippen LogP contribution in [0.15, 0.2) is 24.3 Å². The number of hydrogen-bond donors (Lipinski definition) is 0. The Bertz CT molecular complexity index is 1420. The van der Waals surface area contributed by atoms with Crippen molar-refractivity contribution in [2.45, 2.75) is 78.9 Å². The molecule has 0 spiro atoms. The number of imidazole rings is 1. The maximum absolute atomic E-state index is 13.5. The molecule has 1 amide bonds. The highest BCUT2D eigenvalue weighted by molar-refractivity contribution is 6.11. The van der Waals surface area contributed by atoms with Crippen LogP contribution in [0.1, 0.15) is 75.4 Å². The highest BCUT2D eigenvalue weighted by atomic mass is 16.6. The fourth-order valence-corrected chi connectivity index (χ4v) is 4.16. The molecule has 2 heterocycles. The molecular formula is C29H34N4O4. The third kappa shape index (κ3) is 5.67. The maximum atomic E-state index is 13.5. The molecule has 1 fully saturated rings. The van der Waals surface area contributed by atoms with Crippen LogP contribution in [0.3, 0.4) is 0 Å². The van der Waals surface area contributed by atoms with Crippen molar-refractivity contribution in [1.29, 1.82) is 0 Å². The Morgan fingerprint density at radius 3 is 2.46 bits per heavy atom. The number of ether oxygens (including phenoxy) is 2. The number of aromatic nitrogens is 3. The van der Waals surface area contributed by atoms with E-state index < -0.39 is 11.7 Å². The van der Waals surface area contributed by atoms with Gasteiger partial charge in [0.05, 0.1) is 11.2 Å². The van der Waals surface area contributed by atoms with Crippen LogP contribution >= 0.6 is 0 Å². The Labute approximate surface area is 218 Å². The average Bonchev–Trinajstić information content (AvgIpc) is 3.59. The molecule has 1 aliphatic rings. The van der Waals surface area contributed by atoms with Crippen molar-refractivity contribution in [1.82, 2.24) is 14.5 Å². The lowest BCUT2D eigenvalue weighted by molar-refractivity contribution is -0.112. The van der Waals surface area contributed by atoms with Crippen molar-refractivity contribution in [3.63, 3.8) is 0 Å². The predicted octanol–water partition coefficient (Wildman–Crippen LogP) is 5.93. The van der Waals surface area contributed by atoms with Crippen molar-refractivity contribution >= 4 is 34.7 Å². The molecule has 0 saturated heterocycles. The van der Waals surface area contributed by atoms with Gasteiger partial charge in [0.1, 0.15) is 23.9 Å². The lowest BCUT2D eigenvalue weighted by Crippen LogP contribution is -2.28. The van der Waals surface area contributed by atoms with E-state index >= 15 is 0 Å². The molecule has 0 aliphatic heterocycles. The topological polar surface area (TPSA) is 86.6 Å². The van der Waals surface area contributed by atoms with Crippen molar-refractivity contribution in [2.75, 3.05) is 12.0 Å². The van der Waals surface area contributed by atoms with E-state index in [0.717, 1.165) is 29.7 Å². The summed E-state index contributed by atoms with van der Waals surface area (Å²) in [5.74, 6) is 6.46. The Morgan fingerprint density at radius 2 is 1.84 bits per heavy atom. The van der Waals surface area contributed by atoms with Gasteiger partial charge in [0.25, 0.3) is 0 Å². The first-order valence-electron chi connectivity index (χ1n) is 12.6. The molecular weight excluding hydrogens is 468 g/mol. The molecule has 2 aromatic heterocycles. The maximum Gasteiger partial charge on any atom is 0.420 e. The van der Waals surface area contributed by atoms with E-state index in [1.807, 2.05) is 19.9 Å². The second-order valence-corrected chi connectivity index (χ2v) is 10.4. The van der Waals surface area contributed by atoms with E-state index in [9.17, 15) is 9.59 Å². The van der Waals surface area contributed by atoms with Gasteiger partial charge in [-0.25, -0.2) is 19.3 Å². The predicted molar refractivity (Wildman–Crippen MR) is 143 cm³/mol. The Hall–Kier alpha value is -3.70. The molecule has 0 bridgehead atoms. The van der Waals surface area contributed by atoms with Gasteiger partial charge in [0, 0.05) is 13.5 Å². The summed E-state index contributed by atoms with van der Waals surface area (Å²) in [6.07, 6.45) is 2.18. The van der Waals surface area contributed by atoms with E-state index in [4.69, 9.17) is 14.5 Å². The van der Waals surface area contributed by atoms with Gasteiger partial charge in [0.15, 0.2) is 5.65 Å². The number of amides is 1. The number of aryl methyl sites for hydroxylation is 2. The molecule has 1 aromatic carbocycles. The molecule has 4 rings (SSSR count). The number of pyridine rings is 1. The number of nitrogens with zero attached hydrogens (tertiary/aromatic N) is 4. The van der Waals surface area contributed by atoms with Crippen LogP contribution in [0, 0.1) is 25.7 Å². The van der Waals surface area contributed by atoms with E-state index in [-0.39, 0.29) is 12.5 Å². The summed E-state index contributed by atoms with van der Waals surface area (Å²) in [7, 11) is 1.53. The van der Waals surface area contributed by atoms with Crippen LogP contribution in [0.5, 0.6) is 0 Å². The number of carbonyl (C=O) groups is 2. The Kier molecular flexibility index (Phi) is 7.37. The van der Waals surface area contributed by atoms with Gasteiger partial charge in [-0.05, 0) is 94.2 Å². The third-order valence-electron chi connectivity index (χ3n) is 6.13. The molecule has 0 unspecified atom stereocenters. The summed E-state index contributed by atoms with van der Waals surface area (Å²) in [6.45, 7) is 11.5. The molecule has 0 radical (unpaired) electrons. The quantitative estimate of drug-likeness (QED) is 0.402. The van der Waals surface area contributed by atoms with Crippen molar-refractivity contribution < 1.29 is 19.1 Å². The minimum atomic E-state index is -0.685. The summed E-state index contributed by atoms with van der Waals surface area (Å²) in [4.78, 5) is 37.4. The molecule has 194 valence electrons. The van der Waals surface area contributed by atoms with E-state index in [1.165, 1.54) is 17.2 Å². The summed E-state index contributed by atoms with van der Waals surface area (Å²) in [5.41, 5.74) is 4.27. The summed E-state index contributed by atoms with van der Waals surface area (Å²) in [6, 6.07) is 7.66. The first-order valence-corrected chi connectivity index (χ1v) is 12.6. The normalized spacial score (nSPS) is 13.3. The second kappa shape index (κ2) is 10.3. The number of hydrogen-bond acceptors (Lipinski definition) is 6. The number of carbonyl (C=O) groups excluding carboxylic acids is 2. The number of methoxy groups -OCH3 is 1. The van der Waals surface area contributed by atoms with Gasteiger partial charge in [-0.1, -0.05) is 18.9 Å². The Balaban J connectivity index is 1.88. The fraction of sp³-hybridized carbons (Fsp3) is 0.448. The fourth-order valence-electron chi connectivity index (χ4n) is 4.16. The molecule has 0 N–H and O–H groups in total. The van der Waals surface area contributed by atoms with E-state index in [0.29, 0.717) is 35.1 Å². The highest BCUT2D eigenvalue weighted by Crippen LogP contribution is 2.46. The smallest absolute Gasteiger partial charge is 0.420 e. The second-order valence-electron chi connectivity index (χ2n) is 10.4. The first-order chi connectivity index (χ1) is 17.5. The Morgan fingerprint density at radius 1 is 1.14 bits per heavy atom. The third-order valence-corrected chi connectivity index (χ3v) is 6.13. The molecule has 1 saturated carbocycles. The highest BCUT2D eigenvalue weighted by Gasteiger charge is 2.32. The standard InChI is InChI=1S/C29H34N4O4/c1-8-9-10-26(34)32(23-16-19(3)18(2)15-21(23)20-11-12-20)24-14-13-22-27(30-24)31-25(17-36-7)33(22)28(35)37-29(4,5)6/h13-16,20H,8,11-12,17H2,1-7H3. The van der Waals surface area contributed by atoms with Gasteiger partial charge < -0.3 is 9.47 Å². The van der Waals surface area contributed by atoms with Gasteiger partial charge >= 0.3 is 12.0 Å². The van der Waals surface area contributed by atoms with Gasteiger partial charge in [0.2, 0.25) is 0 Å².